The van der Waals surface area contributed by atoms with E-state index >= 15 is 0 Å². The van der Waals surface area contributed by atoms with Crippen LogP contribution < -0.4 is 25.6 Å². The normalized spacial score (nSPS) is 17.1. The molecule has 1 aromatic carbocycles. The molecule has 7 amide bonds. The molecular weight excluding hydrogens is 438 g/mol. The number of barbiturate groups is 1. The van der Waals surface area contributed by atoms with Crippen LogP contribution in [-0.4, -0.2) is 50.5 Å². The number of benzene rings is 1. The predicted molar refractivity (Wildman–Crippen MR) is 104 cm³/mol. The fraction of sp³-hybridized carbons (Fsp3) is 0.0526. The number of pyridine rings is 1. The quantitative estimate of drug-likeness (QED) is 0.364. The number of nitrogens with zero attached hydrogens (tertiary/aromatic N) is 4. The maximum absolute atomic E-state index is 12.5. The molecule has 3 aromatic rings. The van der Waals surface area contributed by atoms with Crippen molar-refractivity contribution < 1.29 is 33.1 Å². The molecule has 0 aliphatic carbocycles. The minimum Gasteiger partial charge on any atom is -0.439 e. The van der Waals surface area contributed by atoms with Gasteiger partial charge in [-0.2, -0.15) is 0 Å². The number of hydrogen-bond acceptors (Lipinski definition) is 10. The molecule has 0 unspecified atom stereocenters. The number of imide groups is 3. The summed E-state index contributed by atoms with van der Waals surface area (Å²) in [6, 6.07) is 7.24. The summed E-state index contributed by atoms with van der Waals surface area (Å²) in [5.74, 6) is -2.83. The highest BCUT2D eigenvalue weighted by atomic mass is 16.5. The van der Waals surface area contributed by atoms with Crippen molar-refractivity contribution in [1.82, 2.24) is 31.1 Å². The third-order valence-corrected chi connectivity index (χ3v) is 4.86. The molecule has 1 spiro atoms. The second-order valence-electron chi connectivity index (χ2n) is 6.77. The van der Waals surface area contributed by atoms with Gasteiger partial charge in [0.15, 0.2) is 0 Å². The number of anilines is 1. The van der Waals surface area contributed by atoms with Gasteiger partial charge in [-0.15, -0.1) is 10.2 Å². The topological polar surface area (TPSA) is 186 Å². The summed E-state index contributed by atoms with van der Waals surface area (Å²) in [7, 11) is 0. The van der Waals surface area contributed by atoms with Crippen molar-refractivity contribution in [2.75, 3.05) is 4.90 Å². The first-order valence-electron chi connectivity index (χ1n) is 9.22. The van der Waals surface area contributed by atoms with Gasteiger partial charge in [0.25, 0.3) is 23.3 Å². The molecule has 5 rings (SSSR count). The van der Waals surface area contributed by atoms with E-state index in [4.69, 9.17) is 9.15 Å². The van der Waals surface area contributed by atoms with E-state index in [1.54, 1.807) is 24.3 Å². The van der Waals surface area contributed by atoms with Crippen molar-refractivity contribution in [1.29, 1.82) is 0 Å². The van der Waals surface area contributed by atoms with Crippen LogP contribution in [0.4, 0.5) is 15.3 Å². The van der Waals surface area contributed by atoms with E-state index in [1.165, 1.54) is 18.5 Å². The maximum Gasteiger partial charge on any atom is 0.330 e. The number of hydrogen-bond donors (Lipinski definition) is 3. The summed E-state index contributed by atoms with van der Waals surface area (Å²) in [6.07, 6.45) is 2.35. The average molecular weight is 449 g/mol. The Morgan fingerprint density at radius 3 is 2.18 bits per heavy atom. The van der Waals surface area contributed by atoms with Gasteiger partial charge in [0, 0.05) is 11.6 Å². The zero-order valence-corrected chi connectivity index (χ0v) is 16.3. The van der Waals surface area contributed by atoms with Gasteiger partial charge in [0.05, 0.1) is 11.9 Å². The first-order valence-corrected chi connectivity index (χ1v) is 9.22. The molecule has 2 fully saturated rings. The molecule has 2 aliphatic heterocycles. The summed E-state index contributed by atoms with van der Waals surface area (Å²) < 4.78 is 10.8. The second kappa shape index (κ2) is 7.23. The Hall–Kier alpha value is -5.14. The van der Waals surface area contributed by atoms with Gasteiger partial charge in [0.1, 0.15) is 5.75 Å². The molecule has 0 bridgehead atoms. The van der Waals surface area contributed by atoms with Gasteiger partial charge in [-0.1, -0.05) is 0 Å². The Kier molecular flexibility index (Phi) is 4.34. The van der Waals surface area contributed by atoms with Gasteiger partial charge in [-0.3, -0.25) is 35.2 Å². The van der Waals surface area contributed by atoms with E-state index in [1.807, 2.05) is 16.0 Å². The number of carbonyl (C=O) groups is 5. The third-order valence-electron chi connectivity index (χ3n) is 4.86. The third kappa shape index (κ3) is 3.04. The van der Waals surface area contributed by atoms with Gasteiger partial charge >= 0.3 is 12.1 Å². The summed E-state index contributed by atoms with van der Waals surface area (Å²) >= 11 is 0. The van der Waals surface area contributed by atoms with Crippen LogP contribution in [0.15, 0.2) is 53.4 Å². The number of nitrogens with one attached hydrogen (secondary N) is 3. The van der Waals surface area contributed by atoms with E-state index in [2.05, 4.69) is 15.2 Å². The lowest BCUT2D eigenvalue weighted by Gasteiger charge is -2.34. The molecule has 14 heteroatoms. The minimum absolute atomic E-state index is 0.0582. The van der Waals surface area contributed by atoms with Crippen LogP contribution in [0.2, 0.25) is 0 Å². The summed E-state index contributed by atoms with van der Waals surface area (Å²) in [4.78, 5) is 65.9. The highest BCUT2D eigenvalue weighted by molar-refractivity contribution is 6.43. The molecule has 0 atom stereocenters. The van der Waals surface area contributed by atoms with Crippen LogP contribution in [0.1, 0.15) is 0 Å². The lowest BCUT2D eigenvalue weighted by Crippen LogP contribution is -2.74. The fourth-order valence-corrected chi connectivity index (χ4v) is 3.39. The number of ether oxygens (including phenoxy) is 1. The monoisotopic (exact) mass is 449 g/mol. The molecule has 2 saturated heterocycles. The Balaban J connectivity index is 1.40. The van der Waals surface area contributed by atoms with Crippen LogP contribution in [-0.2, 0) is 14.4 Å². The first kappa shape index (κ1) is 19.8. The lowest BCUT2D eigenvalue weighted by atomic mass is 9.93. The van der Waals surface area contributed by atoms with Gasteiger partial charge in [-0.25, -0.2) is 14.6 Å². The molecule has 2 aliphatic rings. The van der Waals surface area contributed by atoms with Gasteiger partial charge in [-0.05, 0) is 30.3 Å². The largest absolute Gasteiger partial charge is 0.439 e. The van der Waals surface area contributed by atoms with Crippen LogP contribution >= 0.6 is 0 Å². The van der Waals surface area contributed by atoms with E-state index in [0.29, 0.717) is 22.1 Å². The van der Waals surface area contributed by atoms with Crippen molar-refractivity contribution in [3.8, 4) is 23.1 Å². The van der Waals surface area contributed by atoms with Crippen molar-refractivity contribution in [3.63, 3.8) is 0 Å². The summed E-state index contributed by atoms with van der Waals surface area (Å²) in [5, 5.41) is 13.0. The standard InChI is InChI=1S/C19H11N7O7/c27-14-19(15(28)23-17(30)22-14)16(29)24-18(31)26(19)10-3-6-12(20-7-10)33-11-4-1-9(2-5-11)13-25-21-8-32-13/h1-8H,(H,24,29,31)(H2,22,23,27,28,30). The zero-order chi connectivity index (χ0) is 23.2. The van der Waals surface area contributed by atoms with Gasteiger partial charge in [0.2, 0.25) is 18.2 Å². The van der Waals surface area contributed by atoms with Crippen molar-refractivity contribution in [3.05, 3.63) is 49.0 Å². The van der Waals surface area contributed by atoms with Crippen molar-refractivity contribution >= 4 is 35.5 Å². The second-order valence-corrected chi connectivity index (χ2v) is 6.77. The molecule has 3 N–H and O–H groups in total. The van der Waals surface area contributed by atoms with Crippen LogP contribution in [0.25, 0.3) is 11.5 Å². The molecule has 33 heavy (non-hydrogen) atoms. The van der Waals surface area contributed by atoms with E-state index in [0.717, 1.165) is 6.20 Å². The summed E-state index contributed by atoms with van der Waals surface area (Å²) in [5.41, 5.74) is -2.00. The van der Waals surface area contributed by atoms with Crippen LogP contribution in [0.5, 0.6) is 11.6 Å². The van der Waals surface area contributed by atoms with E-state index in [9.17, 15) is 24.0 Å². The average Bonchev–Trinajstić information content (AvgIpc) is 3.40. The molecule has 0 saturated carbocycles. The predicted octanol–water partition coefficient (Wildman–Crippen LogP) is 0.0849. The molecule has 4 heterocycles. The number of urea groups is 2. The number of carbonyl (C=O) groups excluding carboxylic acids is 5. The Labute approximate surface area is 182 Å². The Bertz CT molecular complexity index is 1280. The summed E-state index contributed by atoms with van der Waals surface area (Å²) in [6.45, 7) is 0. The smallest absolute Gasteiger partial charge is 0.330 e. The fourth-order valence-electron chi connectivity index (χ4n) is 3.39. The Morgan fingerprint density at radius 2 is 1.58 bits per heavy atom. The number of amides is 7. The molecule has 164 valence electrons. The van der Waals surface area contributed by atoms with Crippen LogP contribution in [0.3, 0.4) is 0 Å². The van der Waals surface area contributed by atoms with E-state index < -0.39 is 35.3 Å². The van der Waals surface area contributed by atoms with Gasteiger partial charge < -0.3 is 9.15 Å². The first-order chi connectivity index (χ1) is 15.9. The Morgan fingerprint density at radius 1 is 0.879 bits per heavy atom. The maximum atomic E-state index is 12.5. The number of rotatable bonds is 4. The molecule has 2 aromatic heterocycles. The van der Waals surface area contributed by atoms with Crippen molar-refractivity contribution in [2.24, 2.45) is 0 Å². The SMILES string of the molecule is O=C1NC(=O)C2(C(=O)N1)C(=O)NC(=O)N2c1ccc(Oc2ccc(-c3nnco3)cc2)nc1. The zero-order valence-electron chi connectivity index (χ0n) is 16.3. The highest BCUT2D eigenvalue weighted by Gasteiger charge is 2.67. The molecular formula is C19H11N7O7. The number of aromatic nitrogens is 3. The molecule has 14 nitrogen and oxygen atoms in total. The van der Waals surface area contributed by atoms with E-state index in [-0.39, 0.29) is 11.6 Å². The van der Waals surface area contributed by atoms with Crippen molar-refractivity contribution in [2.45, 2.75) is 5.54 Å². The lowest BCUT2D eigenvalue weighted by molar-refractivity contribution is -0.143. The molecule has 0 radical (unpaired) electrons. The highest BCUT2D eigenvalue weighted by Crippen LogP contribution is 2.32. The van der Waals surface area contributed by atoms with Crippen LogP contribution in [0, 0.1) is 0 Å². The minimum atomic E-state index is -2.63.